The number of rotatable bonds is 7. The Balaban J connectivity index is 1.66. The van der Waals surface area contributed by atoms with Crippen LogP contribution in [0.2, 0.25) is 5.02 Å². The number of hydrogen-bond donors (Lipinski definition) is 0. The third-order valence-electron chi connectivity index (χ3n) is 4.24. The standard InChI is InChI=1S/C21H20ClNO5/c1-13-18(14(2)28-23-13)12-26-19-9-6-16(10-20(19)25-3)21(24)27-11-15-4-7-17(22)8-5-15/h4-10H,11-12H2,1-3H3. The molecule has 0 unspecified atom stereocenters. The molecule has 0 bridgehead atoms. The van der Waals surface area contributed by atoms with Crippen molar-refractivity contribution in [3.05, 3.63) is 75.6 Å². The molecule has 0 fully saturated rings. The molecule has 6 nitrogen and oxygen atoms in total. The fraction of sp³-hybridized carbons (Fsp3) is 0.238. The summed E-state index contributed by atoms with van der Waals surface area (Å²) in [6.45, 7) is 4.13. The Hall–Kier alpha value is -2.99. The Bertz CT molecular complexity index is 946. The van der Waals surface area contributed by atoms with Crippen molar-refractivity contribution in [1.82, 2.24) is 5.16 Å². The molecule has 1 heterocycles. The smallest absolute Gasteiger partial charge is 0.338 e. The minimum Gasteiger partial charge on any atom is -0.493 e. The van der Waals surface area contributed by atoms with Crippen molar-refractivity contribution in [2.75, 3.05) is 7.11 Å². The largest absolute Gasteiger partial charge is 0.493 e. The third-order valence-corrected chi connectivity index (χ3v) is 4.49. The molecule has 146 valence electrons. The number of methoxy groups -OCH3 is 1. The molecule has 0 atom stereocenters. The summed E-state index contributed by atoms with van der Waals surface area (Å²) < 4.78 is 21.7. The highest BCUT2D eigenvalue weighted by Gasteiger charge is 2.15. The van der Waals surface area contributed by atoms with Crippen LogP contribution in [0.25, 0.3) is 0 Å². The number of aryl methyl sites for hydroxylation is 2. The van der Waals surface area contributed by atoms with E-state index in [-0.39, 0.29) is 13.2 Å². The van der Waals surface area contributed by atoms with Crippen LogP contribution in [0.15, 0.2) is 47.0 Å². The number of benzene rings is 2. The first-order valence-corrected chi connectivity index (χ1v) is 9.00. The van der Waals surface area contributed by atoms with E-state index in [9.17, 15) is 4.79 Å². The van der Waals surface area contributed by atoms with E-state index in [0.717, 1.165) is 16.8 Å². The molecular formula is C21H20ClNO5. The van der Waals surface area contributed by atoms with Gasteiger partial charge < -0.3 is 18.7 Å². The molecule has 3 aromatic rings. The highest BCUT2D eigenvalue weighted by molar-refractivity contribution is 6.30. The van der Waals surface area contributed by atoms with Crippen LogP contribution in [0.3, 0.4) is 0 Å². The normalized spacial score (nSPS) is 10.6. The molecule has 1 aromatic heterocycles. The second kappa shape index (κ2) is 8.80. The van der Waals surface area contributed by atoms with Gasteiger partial charge in [-0.2, -0.15) is 0 Å². The predicted molar refractivity (Wildman–Crippen MR) is 104 cm³/mol. The number of aromatic nitrogens is 1. The predicted octanol–water partition coefficient (Wildman–Crippen LogP) is 4.89. The average Bonchev–Trinajstić information content (AvgIpc) is 3.03. The zero-order chi connectivity index (χ0) is 20.1. The van der Waals surface area contributed by atoms with E-state index in [1.807, 2.05) is 26.0 Å². The molecule has 0 saturated carbocycles. The Labute approximate surface area is 168 Å². The first-order valence-electron chi connectivity index (χ1n) is 8.62. The molecule has 0 saturated heterocycles. The first-order chi connectivity index (χ1) is 13.5. The van der Waals surface area contributed by atoms with Gasteiger partial charge in [0.05, 0.1) is 23.9 Å². The van der Waals surface area contributed by atoms with Gasteiger partial charge in [0.25, 0.3) is 0 Å². The monoisotopic (exact) mass is 401 g/mol. The molecular weight excluding hydrogens is 382 g/mol. The van der Waals surface area contributed by atoms with Gasteiger partial charge in [0, 0.05) is 5.02 Å². The maximum absolute atomic E-state index is 12.3. The second-order valence-corrected chi connectivity index (χ2v) is 6.60. The molecule has 0 aliphatic heterocycles. The average molecular weight is 402 g/mol. The van der Waals surface area contributed by atoms with Crippen molar-refractivity contribution in [2.24, 2.45) is 0 Å². The molecule has 0 aliphatic carbocycles. The second-order valence-electron chi connectivity index (χ2n) is 6.16. The minimum absolute atomic E-state index is 0.155. The van der Waals surface area contributed by atoms with E-state index in [1.54, 1.807) is 30.3 Å². The fourth-order valence-corrected chi connectivity index (χ4v) is 2.71. The molecule has 0 aliphatic rings. The van der Waals surface area contributed by atoms with Crippen LogP contribution in [-0.2, 0) is 18.0 Å². The molecule has 7 heteroatoms. The number of hydrogen-bond acceptors (Lipinski definition) is 6. The van der Waals surface area contributed by atoms with Gasteiger partial charge in [-0.15, -0.1) is 0 Å². The molecule has 0 spiro atoms. The summed E-state index contributed by atoms with van der Waals surface area (Å²) in [5, 5.41) is 4.54. The van der Waals surface area contributed by atoms with Crippen LogP contribution in [0.5, 0.6) is 11.5 Å². The van der Waals surface area contributed by atoms with E-state index in [1.165, 1.54) is 7.11 Å². The zero-order valence-corrected chi connectivity index (χ0v) is 16.6. The number of nitrogens with zero attached hydrogens (tertiary/aromatic N) is 1. The van der Waals surface area contributed by atoms with Crippen LogP contribution in [0.4, 0.5) is 0 Å². The molecule has 28 heavy (non-hydrogen) atoms. The summed E-state index contributed by atoms with van der Waals surface area (Å²) in [5.41, 5.74) is 2.88. The topological polar surface area (TPSA) is 70.8 Å². The number of carbonyl (C=O) groups is 1. The Morgan fingerprint density at radius 2 is 1.82 bits per heavy atom. The third kappa shape index (κ3) is 4.64. The van der Waals surface area contributed by atoms with Crippen molar-refractivity contribution in [2.45, 2.75) is 27.1 Å². The lowest BCUT2D eigenvalue weighted by atomic mass is 10.2. The van der Waals surface area contributed by atoms with E-state index < -0.39 is 5.97 Å². The Kier molecular flexibility index (Phi) is 6.21. The Morgan fingerprint density at radius 1 is 1.07 bits per heavy atom. The summed E-state index contributed by atoms with van der Waals surface area (Å²) in [7, 11) is 1.51. The van der Waals surface area contributed by atoms with Gasteiger partial charge in [-0.25, -0.2) is 4.79 Å². The van der Waals surface area contributed by atoms with Gasteiger partial charge in [0.1, 0.15) is 19.0 Å². The van der Waals surface area contributed by atoms with Crippen LogP contribution in [0.1, 0.15) is 32.9 Å². The van der Waals surface area contributed by atoms with Crippen LogP contribution < -0.4 is 9.47 Å². The van der Waals surface area contributed by atoms with E-state index >= 15 is 0 Å². The van der Waals surface area contributed by atoms with Crippen LogP contribution >= 0.6 is 11.6 Å². The van der Waals surface area contributed by atoms with Gasteiger partial charge in [-0.05, 0) is 49.7 Å². The van der Waals surface area contributed by atoms with Gasteiger partial charge in [-0.3, -0.25) is 0 Å². The number of esters is 1. The molecule has 3 rings (SSSR count). The summed E-state index contributed by atoms with van der Waals surface area (Å²) in [4.78, 5) is 12.3. The lowest BCUT2D eigenvalue weighted by Gasteiger charge is -2.12. The van der Waals surface area contributed by atoms with Crippen molar-refractivity contribution in [3.8, 4) is 11.5 Å². The highest BCUT2D eigenvalue weighted by atomic mass is 35.5. The quantitative estimate of drug-likeness (QED) is 0.525. The van der Waals surface area contributed by atoms with Gasteiger partial charge in [0.2, 0.25) is 0 Å². The van der Waals surface area contributed by atoms with Gasteiger partial charge in [-0.1, -0.05) is 28.9 Å². The van der Waals surface area contributed by atoms with Crippen LogP contribution in [0, 0.1) is 13.8 Å². The van der Waals surface area contributed by atoms with Gasteiger partial charge >= 0.3 is 5.97 Å². The summed E-state index contributed by atoms with van der Waals surface area (Å²) in [6.07, 6.45) is 0. The zero-order valence-electron chi connectivity index (χ0n) is 15.8. The molecule has 0 N–H and O–H groups in total. The maximum atomic E-state index is 12.3. The molecule has 2 aromatic carbocycles. The van der Waals surface area contributed by atoms with E-state index in [0.29, 0.717) is 27.8 Å². The maximum Gasteiger partial charge on any atom is 0.338 e. The lowest BCUT2D eigenvalue weighted by molar-refractivity contribution is 0.0472. The van der Waals surface area contributed by atoms with Crippen molar-refractivity contribution in [1.29, 1.82) is 0 Å². The summed E-state index contributed by atoms with van der Waals surface area (Å²) in [6, 6.07) is 12.0. The number of halogens is 1. The van der Waals surface area contributed by atoms with Gasteiger partial charge in [0.15, 0.2) is 11.5 Å². The minimum atomic E-state index is -0.453. The summed E-state index contributed by atoms with van der Waals surface area (Å²) in [5.74, 6) is 1.20. The van der Waals surface area contributed by atoms with E-state index in [2.05, 4.69) is 5.16 Å². The molecule has 0 radical (unpaired) electrons. The van der Waals surface area contributed by atoms with Crippen molar-refractivity contribution >= 4 is 17.6 Å². The summed E-state index contributed by atoms with van der Waals surface area (Å²) >= 11 is 5.85. The fourth-order valence-electron chi connectivity index (χ4n) is 2.58. The van der Waals surface area contributed by atoms with Crippen molar-refractivity contribution in [3.63, 3.8) is 0 Å². The first kappa shape index (κ1) is 19.8. The number of ether oxygens (including phenoxy) is 3. The highest BCUT2D eigenvalue weighted by Crippen LogP contribution is 2.30. The Morgan fingerprint density at radius 3 is 2.46 bits per heavy atom. The van der Waals surface area contributed by atoms with Crippen LogP contribution in [-0.4, -0.2) is 18.2 Å². The molecule has 0 amide bonds. The van der Waals surface area contributed by atoms with E-state index in [4.69, 9.17) is 30.3 Å². The SMILES string of the molecule is COc1cc(C(=O)OCc2ccc(Cl)cc2)ccc1OCc1c(C)noc1C. The van der Waals surface area contributed by atoms with Crippen molar-refractivity contribution < 1.29 is 23.5 Å². The number of carbonyl (C=O) groups excluding carboxylic acids is 1. The lowest BCUT2D eigenvalue weighted by Crippen LogP contribution is -2.06.